The average molecular weight is 261 g/mol. The Labute approximate surface area is 116 Å². The third-order valence-corrected chi connectivity index (χ3v) is 2.95. The molecule has 0 saturated carbocycles. The summed E-state index contributed by atoms with van der Waals surface area (Å²) in [6, 6.07) is 9.94. The molecule has 3 heteroatoms. The molecule has 1 rings (SSSR count). The van der Waals surface area contributed by atoms with Crippen molar-refractivity contribution in [2.45, 2.75) is 38.5 Å². The maximum absolute atomic E-state index is 9.85. The molecule has 104 valence electrons. The van der Waals surface area contributed by atoms with Crippen LogP contribution in [0.15, 0.2) is 30.3 Å². The van der Waals surface area contributed by atoms with Crippen LogP contribution in [0.5, 0.6) is 0 Å². The fraction of sp³-hybridized carbons (Fsp3) is 0.500. The number of hydrogen-bond acceptors (Lipinski definition) is 3. The Balaban J connectivity index is 2.31. The Bertz CT molecular complexity index is 409. The first-order valence-corrected chi connectivity index (χ1v) is 6.52. The molecule has 0 amide bonds. The highest BCUT2D eigenvalue weighted by molar-refractivity contribution is 5.16. The van der Waals surface area contributed by atoms with E-state index >= 15 is 0 Å². The van der Waals surface area contributed by atoms with Gasteiger partial charge in [-0.3, -0.25) is 5.32 Å². The molecule has 0 fully saturated rings. The fourth-order valence-electron chi connectivity index (χ4n) is 1.56. The summed E-state index contributed by atoms with van der Waals surface area (Å²) in [5.41, 5.74) is 0.693. The molecule has 0 aliphatic carbocycles. The zero-order valence-corrected chi connectivity index (χ0v) is 11.9. The van der Waals surface area contributed by atoms with Crippen LogP contribution in [0.25, 0.3) is 0 Å². The first-order chi connectivity index (χ1) is 8.94. The van der Waals surface area contributed by atoms with Gasteiger partial charge in [-0.15, -0.1) is 6.42 Å². The standard InChI is InChI=1S/C16H23NO2/c1-5-16(3,4)17-11-15(18)12-19-13(2)14-9-7-6-8-10-14/h1,6-10,13,15,17-18H,11-12H2,2-4H3. The lowest BCUT2D eigenvalue weighted by molar-refractivity contribution is -0.00332. The van der Waals surface area contributed by atoms with E-state index in [1.807, 2.05) is 51.1 Å². The normalized spacial score (nSPS) is 14.7. The number of aliphatic hydroxyl groups excluding tert-OH is 1. The second-order valence-electron chi connectivity index (χ2n) is 5.19. The molecule has 2 unspecified atom stereocenters. The van der Waals surface area contributed by atoms with Crippen LogP contribution in [0.1, 0.15) is 32.4 Å². The Morgan fingerprint density at radius 1 is 1.37 bits per heavy atom. The predicted octanol–water partition coefficient (Wildman–Crippen LogP) is 2.13. The molecule has 2 atom stereocenters. The second-order valence-corrected chi connectivity index (χ2v) is 5.19. The minimum atomic E-state index is -0.571. The molecule has 0 aliphatic rings. The van der Waals surface area contributed by atoms with Crippen LogP contribution in [0.4, 0.5) is 0 Å². The molecule has 0 saturated heterocycles. The van der Waals surface area contributed by atoms with E-state index < -0.39 is 11.6 Å². The molecule has 2 N–H and O–H groups in total. The van der Waals surface area contributed by atoms with E-state index in [4.69, 9.17) is 11.2 Å². The molecular weight excluding hydrogens is 238 g/mol. The van der Waals surface area contributed by atoms with Gasteiger partial charge in [0, 0.05) is 6.54 Å². The lowest BCUT2D eigenvalue weighted by Gasteiger charge is -2.23. The summed E-state index contributed by atoms with van der Waals surface area (Å²) in [5.74, 6) is 2.62. The molecule has 3 nitrogen and oxygen atoms in total. The van der Waals surface area contributed by atoms with Gasteiger partial charge in [0.1, 0.15) is 0 Å². The fourth-order valence-corrected chi connectivity index (χ4v) is 1.56. The second kappa shape index (κ2) is 7.30. The molecule has 1 aromatic rings. The number of nitrogens with one attached hydrogen (secondary N) is 1. The molecule has 0 heterocycles. The Hall–Kier alpha value is -1.34. The minimum absolute atomic E-state index is 0.0310. The topological polar surface area (TPSA) is 41.5 Å². The van der Waals surface area contributed by atoms with E-state index in [9.17, 15) is 5.11 Å². The Morgan fingerprint density at radius 2 is 2.00 bits per heavy atom. The quantitative estimate of drug-likeness (QED) is 0.739. The molecule has 0 bridgehead atoms. The van der Waals surface area contributed by atoms with Gasteiger partial charge in [-0.05, 0) is 26.3 Å². The SMILES string of the molecule is C#CC(C)(C)NCC(O)COC(C)c1ccccc1. The van der Waals surface area contributed by atoms with Crippen LogP contribution in [0, 0.1) is 12.3 Å². The van der Waals surface area contributed by atoms with Gasteiger partial charge < -0.3 is 9.84 Å². The number of hydrogen-bond donors (Lipinski definition) is 2. The summed E-state index contributed by atoms with van der Waals surface area (Å²) < 4.78 is 5.65. The summed E-state index contributed by atoms with van der Waals surface area (Å²) in [6.07, 6.45) is 4.76. The van der Waals surface area contributed by atoms with Crippen molar-refractivity contribution in [2.24, 2.45) is 0 Å². The van der Waals surface area contributed by atoms with E-state index in [0.29, 0.717) is 6.54 Å². The maximum Gasteiger partial charge on any atom is 0.0898 e. The molecule has 0 aromatic heterocycles. The van der Waals surface area contributed by atoms with Crippen molar-refractivity contribution in [3.63, 3.8) is 0 Å². The Kier molecular flexibility index (Phi) is 6.04. The van der Waals surface area contributed by atoms with Gasteiger partial charge >= 0.3 is 0 Å². The summed E-state index contributed by atoms with van der Waals surface area (Å²) in [4.78, 5) is 0. The van der Waals surface area contributed by atoms with Gasteiger partial charge in [0.15, 0.2) is 0 Å². The molecule has 0 radical (unpaired) electrons. The van der Waals surface area contributed by atoms with E-state index in [-0.39, 0.29) is 12.7 Å². The highest BCUT2D eigenvalue weighted by Gasteiger charge is 2.16. The van der Waals surface area contributed by atoms with Gasteiger partial charge in [-0.2, -0.15) is 0 Å². The van der Waals surface area contributed by atoms with Crippen molar-refractivity contribution < 1.29 is 9.84 Å². The first-order valence-electron chi connectivity index (χ1n) is 6.52. The number of ether oxygens (including phenoxy) is 1. The van der Waals surface area contributed by atoms with Gasteiger partial charge in [0.25, 0.3) is 0 Å². The highest BCUT2D eigenvalue weighted by Crippen LogP contribution is 2.15. The summed E-state index contributed by atoms with van der Waals surface area (Å²) in [6.45, 7) is 6.46. The molecule has 0 aliphatic heterocycles. The van der Waals surface area contributed by atoms with E-state index in [1.165, 1.54) is 0 Å². The van der Waals surface area contributed by atoms with Crippen molar-refractivity contribution in [1.82, 2.24) is 5.32 Å². The Morgan fingerprint density at radius 3 is 2.58 bits per heavy atom. The third kappa shape index (κ3) is 5.89. The van der Waals surface area contributed by atoms with Crippen LogP contribution in [0.2, 0.25) is 0 Å². The van der Waals surface area contributed by atoms with Crippen molar-refractivity contribution in [3.05, 3.63) is 35.9 Å². The number of aliphatic hydroxyl groups is 1. The number of terminal acetylenes is 1. The van der Waals surface area contributed by atoms with Crippen LogP contribution in [0.3, 0.4) is 0 Å². The van der Waals surface area contributed by atoms with Gasteiger partial charge in [-0.1, -0.05) is 36.3 Å². The zero-order valence-electron chi connectivity index (χ0n) is 11.9. The van der Waals surface area contributed by atoms with E-state index in [1.54, 1.807) is 0 Å². The van der Waals surface area contributed by atoms with Crippen LogP contribution >= 0.6 is 0 Å². The minimum Gasteiger partial charge on any atom is -0.389 e. The van der Waals surface area contributed by atoms with Crippen molar-refractivity contribution >= 4 is 0 Å². The number of rotatable bonds is 7. The van der Waals surface area contributed by atoms with Crippen molar-refractivity contribution in [1.29, 1.82) is 0 Å². The third-order valence-electron chi connectivity index (χ3n) is 2.95. The maximum atomic E-state index is 9.85. The van der Waals surface area contributed by atoms with Crippen molar-refractivity contribution in [2.75, 3.05) is 13.2 Å². The lowest BCUT2D eigenvalue weighted by atomic mass is 10.1. The average Bonchev–Trinajstić information content (AvgIpc) is 2.43. The molecule has 19 heavy (non-hydrogen) atoms. The van der Waals surface area contributed by atoms with E-state index in [2.05, 4.69) is 11.2 Å². The zero-order chi connectivity index (χ0) is 14.3. The largest absolute Gasteiger partial charge is 0.389 e. The van der Waals surface area contributed by atoms with Gasteiger partial charge in [0.2, 0.25) is 0 Å². The smallest absolute Gasteiger partial charge is 0.0898 e. The molecule has 0 spiro atoms. The van der Waals surface area contributed by atoms with Crippen LogP contribution < -0.4 is 5.32 Å². The summed E-state index contributed by atoms with van der Waals surface area (Å²) in [7, 11) is 0. The van der Waals surface area contributed by atoms with Gasteiger partial charge in [0.05, 0.1) is 24.4 Å². The van der Waals surface area contributed by atoms with Crippen LogP contribution in [-0.4, -0.2) is 29.9 Å². The van der Waals surface area contributed by atoms with Gasteiger partial charge in [-0.25, -0.2) is 0 Å². The first kappa shape index (κ1) is 15.7. The number of β-amino-alcohol motifs (C(OH)–C–C–N with tert-alkyl or cyclic N) is 1. The van der Waals surface area contributed by atoms with Crippen molar-refractivity contribution in [3.8, 4) is 12.3 Å². The highest BCUT2D eigenvalue weighted by atomic mass is 16.5. The van der Waals surface area contributed by atoms with E-state index in [0.717, 1.165) is 5.56 Å². The van der Waals surface area contributed by atoms with Crippen LogP contribution in [-0.2, 0) is 4.74 Å². The lowest BCUT2D eigenvalue weighted by Crippen LogP contribution is -2.43. The monoisotopic (exact) mass is 261 g/mol. The molecular formula is C16H23NO2. The number of benzene rings is 1. The molecule has 1 aromatic carbocycles. The summed E-state index contributed by atoms with van der Waals surface area (Å²) >= 11 is 0. The summed E-state index contributed by atoms with van der Waals surface area (Å²) in [5, 5.41) is 13.0. The predicted molar refractivity (Wildman–Crippen MR) is 77.7 cm³/mol.